The van der Waals surface area contributed by atoms with E-state index in [1.165, 1.54) is 37.7 Å². The number of hydrogen-bond donors (Lipinski definition) is 0. The van der Waals surface area contributed by atoms with Gasteiger partial charge in [0, 0.05) is 11.0 Å². The Hall–Kier alpha value is -1.18. The van der Waals surface area contributed by atoms with E-state index < -0.39 is 0 Å². The summed E-state index contributed by atoms with van der Waals surface area (Å²) >= 11 is 0. The van der Waals surface area contributed by atoms with Gasteiger partial charge in [-0.1, -0.05) is 19.1 Å². The first kappa shape index (κ1) is 11.5. The van der Waals surface area contributed by atoms with Crippen LogP contribution in [0.1, 0.15) is 44.6 Å². The van der Waals surface area contributed by atoms with Gasteiger partial charge < -0.3 is 9.47 Å². The maximum Gasteiger partial charge on any atom is 0.231 e. The van der Waals surface area contributed by atoms with E-state index in [-0.39, 0.29) is 0 Å². The lowest BCUT2D eigenvalue weighted by Gasteiger charge is -2.60. The summed E-state index contributed by atoms with van der Waals surface area (Å²) in [7, 11) is 0. The second-order valence-corrected chi connectivity index (χ2v) is 7.63. The van der Waals surface area contributed by atoms with Crippen LogP contribution in [0.3, 0.4) is 0 Å². The van der Waals surface area contributed by atoms with Gasteiger partial charge in [-0.3, -0.25) is 0 Å². The standard InChI is InChI=1S/C18H22O2/c1-18(15-3-2-4-16-17(15)20-10-19-16)13-6-11-5-12(8-13)9-14(18)7-11/h2-4,11-14H,5-10H2,1H3. The highest BCUT2D eigenvalue weighted by molar-refractivity contribution is 5.52. The van der Waals surface area contributed by atoms with Gasteiger partial charge >= 0.3 is 0 Å². The van der Waals surface area contributed by atoms with Crippen molar-refractivity contribution in [2.45, 2.75) is 44.4 Å². The molecule has 1 aromatic rings. The quantitative estimate of drug-likeness (QED) is 0.764. The Balaban J connectivity index is 1.65. The number of ether oxygens (including phenoxy) is 2. The van der Waals surface area contributed by atoms with Gasteiger partial charge in [0.2, 0.25) is 6.79 Å². The molecule has 1 heterocycles. The third-order valence-electron chi connectivity index (χ3n) is 6.81. The Labute approximate surface area is 120 Å². The zero-order valence-electron chi connectivity index (χ0n) is 12.1. The fourth-order valence-electron chi connectivity index (χ4n) is 5.96. The molecule has 1 aromatic carbocycles. The lowest BCUT2D eigenvalue weighted by molar-refractivity contribution is -0.0531. The van der Waals surface area contributed by atoms with Crippen molar-refractivity contribution in [3.63, 3.8) is 0 Å². The summed E-state index contributed by atoms with van der Waals surface area (Å²) in [5, 5.41) is 0. The molecule has 0 amide bonds. The molecular formula is C18H22O2. The van der Waals surface area contributed by atoms with Crippen LogP contribution in [0.2, 0.25) is 0 Å². The Morgan fingerprint density at radius 2 is 1.65 bits per heavy atom. The van der Waals surface area contributed by atoms with Crippen molar-refractivity contribution < 1.29 is 9.47 Å². The summed E-state index contributed by atoms with van der Waals surface area (Å²) in [5.74, 6) is 5.74. The summed E-state index contributed by atoms with van der Waals surface area (Å²) in [6, 6.07) is 6.50. The van der Waals surface area contributed by atoms with Gasteiger partial charge in [-0.25, -0.2) is 0 Å². The first-order chi connectivity index (χ1) is 9.75. The van der Waals surface area contributed by atoms with Crippen LogP contribution in [-0.4, -0.2) is 6.79 Å². The molecule has 4 aliphatic carbocycles. The molecule has 0 saturated heterocycles. The van der Waals surface area contributed by atoms with E-state index in [4.69, 9.17) is 9.47 Å². The van der Waals surface area contributed by atoms with Crippen LogP contribution in [0, 0.1) is 23.7 Å². The SMILES string of the molecule is CC1(c2cccc3c2OCO3)C2CC3CC(C2)CC1C3. The van der Waals surface area contributed by atoms with E-state index in [1.807, 2.05) is 6.07 Å². The van der Waals surface area contributed by atoms with Crippen LogP contribution in [0.5, 0.6) is 11.5 Å². The topological polar surface area (TPSA) is 18.5 Å². The van der Waals surface area contributed by atoms with Crippen molar-refractivity contribution in [2.75, 3.05) is 6.79 Å². The third-order valence-corrected chi connectivity index (χ3v) is 6.81. The minimum absolute atomic E-state index is 0.312. The summed E-state index contributed by atoms with van der Waals surface area (Å²) in [6.07, 6.45) is 7.26. The molecule has 5 aliphatic rings. The van der Waals surface area contributed by atoms with Gasteiger partial charge in [-0.2, -0.15) is 0 Å². The van der Waals surface area contributed by atoms with Crippen LogP contribution in [0.15, 0.2) is 18.2 Å². The normalized spacial score (nSPS) is 44.0. The van der Waals surface area contributed by atoms with E-state index in [9.17, 15) is 0 Å². The van der Waals surface area contributed by atoms with Crippen molar-refractivity contribution in [3.8, 4) is 11.5 Å². The fraction of sp³-hybridized carbons (Fsp3) is 0.667. The average molecular weight is 270 g/mol. The summed E-state index contributed by atoms with van der Waals surface area (Å²) in [6.45, 7) is 2.90. The van der Waals surface area contributed by atoms with Crippen LogP contribution >= 0.6 is 0 Å². The number of para-hydroxylation sites is 1. The first-order valence-corrected chi connectivity index (χ1v) is 8.14. The second kappa shape index (κ2) is 3.72. The number of benzene rings is 1. The molecule has 4 fully saturated rings. The Morgan fingerprint density at radius 1 is 0.950 bits per heavy atom. The molecule has 6 rings (SSSR count). The number of fused-ring (bicyclic) bond motifs is 1. The van der Waals surface area contributed by atoms with Gasteiger partial charge in [-0.15, -0.1) is 0 Å². The number of hydrogen-bond acceptors (Lipinski definition) is 2. The largest absolute Gasteiger partial charge is 0.454 e. The summed E-state index contributed by atoms with van der Waals surface area (Å²) < 4.78 is 11.4. The Bertz CT molecular complexity index is 535. The molecule has 0 atom stereocenters. The monoisotopic (exact) mass is 270 g/mol. The van der Waals surface area contributed by atoms with Crippen LogP contribution in [0.25, 0.3) is 0 Å². The zero-order valence-corrected chi connectivity index (χ0v) is 12.1. The highest BCUT2D eigenvalue weighted by atomic mass is 16.7. The predicted octanol–water partition coefficient (Wildman–Crippen LogP) is 4.13. The van der Waals surface area contributed by atoms with Crippen LogP contribution in [-0.2, 0) is 5.41 Å². The van der Waals surface area contributed by atoms with Gasteiger partial charge in [0.25, 0.3) is 0 Å². The summed E-state index contributed by atoms with van der Waals surface area (Å²) in [4.78, 5) is 0. The smallest absolute Gasteiger partial charge is 0.231 e. The summed E-state index contributed by atoms with van der Waals surface area (Å²) in [5.41, 5.74) is 1.74. The minimum atomic E-state index is 0.312. The van der Waals surface area contributed by atoms with Gasteiger partial charge in [-0.05, 0) is 61.8 Å². The van der Waals surface area contributed by atoms with E-state index in [0.717, 1.165) is 35.2 Å². The molecule has 4 bridgehead atoms. The van der Waals surface area contributed by atoms with Gasteiger partial charge in [0.1, 0.15) is 0 Å². The van der Waals surface area contributed by atoms with Crippen molar-refractivity contribution in [1.29, 1.82) is 0 Å². The van der Waals surface area contributed by atoms with Gasteiger partial charge in [0.05, 0.1) is 0 Å². The molecule has 2 heteroatoms. The van der Waals surface area contributed by atoms with Gasteiger partial charge in [0.15, 0.2) is 11.5 Å². The number of rotatable bonds is 1. The zero-order chi connectivity index (χ0) is 13.3. The van der Waals surface area contributed by atoms with E-state index >= 15 is 0 Å². The minimum Gasteiger partial charge on any atom is -0.454 e. The first-order valence-electron chi connectivity index (χ1n) is 8.14. The van der Waals surface area contributed by atoms with Crippen molar-refractivity contribution in [2.24, 2.45) is 23.7 Å². The van der Waals surface area contributed by atoms with E-state index in [0.29, 0.717) is 12.2 Å². The molecule has 0 N–H and O–H groups in total. The third kappa shape index (κ3) is 1.30. The average Bonchev–Trinajstić information content (AvgIpc) is 2.92. The molecular weight excluding hydrogens is 248 g/mol. The molecule has 0 radical (unpaired) electrons. The molecule has 2 nitrogen and oxygen atoms in total. The van der Waals surface area contributed by atoms with Crippen LogP contribution < -0.4 is 9.47 Å². The van der Waals surface area contributed by atoms with E-state index in [1.54, 1.807) is 0 Å². The predicted molar refractivity (Wildman–Crippen MR) is 77.0 cm³/mol. The molecule has 20 heavy (non-hydrogen) atoms. The molecule has 0 aromatic heterocycles. The van der Waals surface area contributed by atoms with Crippen molar-refractivity contribution >= 4 is 0 Å². The highest BCUT2D eigenvalue weighted by Crippen LogP contribution is 2.64. The Morgan fingerprint density at radius 3 is 2.35 bits per heavy atom. The molecule has 0 spiro atoms. The maximum absolute atomic E-state index is 5.83. The van der Waals surface area contributed by atoms with Crippen molar-refractivity contribution in [3.05, 3.63) is 23.8 Å². The maximum atomic E-state index is 5.83. The molecule has 1 aliphatic heterocycles. The Kier molecular flexibility index (Phi) is 2.13. The second-order valence-electron chi connectivity index (χ2n) is 7.63. The molecule has 106 valence electrons. The lowest BCUT2D eigenvalue weighted by Crippen LogP contribution is -2.54. The highest BCUT2D eigenvalue weighted by Gasteiger charge is 2.56. The van der Waals surface area contributed by atoms with E-state index in [2.05, 4.69) is 19.1 Å². The lowest BCUT2D eigenvalue weighted by atomic mass is 9.44. The van der Waals surface area contributed by atoms with Crippen LogP contribution in [0.4, 0.5) is 0 Å². The fourth-order valence-corrected chi connectivity index (χ4v) is 5.96. The molecule has 4 saturated carbocycles. The molecule has 0 unspecified atom stereocenters. The van der Waals surface area contributed by atoms with Crippen molar-refractivity contribution in [1.82, 2.24) is 0 Å².